The predicted octanol–water partition coefficient (Wildman–Crippen LogP) is 8.04. The highest BCUT2D eigenvalue weighted by molar-refractivity contribution is 7.08. The molecule has 1 aromatic heterocycles. The summed E-state index contributed by atoms with van der Waals surface area (Å²) in [6, 6.07) is 19.6. The number of rotatable bonds is 7. The lowest BCUT2D eigenvalue weighted by molar-refractivity contribution is 0.363. The van der Waals surface area contributed by atoms with Crippen molar-refractivity contribution in [3.8, 4) is 23.0 Å². The summed E-state index contributed by atoms with van der Waals surface area (Å²) in [6.45, 7) is 8.17. The molecule has 0 unspecified atom stereocenters. The topological polar surface area (TPSA) is 3.24 Å². The Morgan fingerprint density at radius 3 is 2.34 bits per heavy atom. The van der Waals surface area contributed by atoms with E-state index in [0.29, 0.717) is 0 Å². The van der Waals surface area contributed by atoms with Crippen LogP contribution in [-0.2, 0) is 6.54 Å². The highest BCUT2D eigenvalue weighted by Crippen LogP contribution is 2.23. The molecule has 0 atom stereocenters. The van der Waals surface area contributed by atoms with Crippen molar-refractivity contribution in [3.05, 3.63) is 94.2 Å². The van der Waals surface area contributed by atoms with E-state index in [1.54, 1.807) is 11.3 Å². The zero-order chi connectivity index (χ0) is 22.1. The van der Waals surface area contributed by atoms with Crippen LogP contribution in [0.15, 0.2) is 77.5 Å². The van der Waals surface area contributed by atoms with Crippen LogP contribution in [0.2, 0.25) is 0 Å². The molecule has 0 fully saturated rings. The van der Waals surface area contributed by atoms with Gasteiger partial charge in [0.15, 0.2) is 0 Å². The van der Waals surface area contributed by atoms with Crippen molar-refractivity contribution in [2.24, 2.45) is 5.41 Å². The molecule has 3 rings (SSSR count). The molecule has 0 saturated carbocycles. The van der Waals surface area contributed by atoms with E-state index in [4.69, 9.17) is 0 Å². The molecule has 0 radical (unpaired) electrons. The van der Waals surface area contributed by atoms with Crippen LogP contribution in [-0.4, -0.2) is 18.5 Å². The van der Waals surface area contributed by atoms with Gasteiger partial charge in [-0.2, -0.15) is 11.3 Å². The summed E-state index contributed by atoms with van der Waals surface area (Å²) in [4.78, 5) is 2.29. The van der Waals surface area contributed by atoms with Gasteiger partial charge in [0.05, 0.1) is 0 Å². The maximum Gasteiger partial charge on any atom is 0.0234 e. The van der Waals surface area contributed by atoms with Gasteiger partial charge in [-0.25, -0.2) is 0 Å². The van der Waals surface area contributed by atoms with Crippen molar-refractivity contribution < 1.29 is 0 Å². The van der Waals surface area contributed by atoms with Gasteiger partial charge in [0.2, 0.25) is 0 Å². The number of likely N-dealkylation sites (N-methyl/N-ethyl adjacent to an activating group) is 1. The van der Waals surface area contributed by atoms with Crippen LogP contribution in [0.25, 0.3) is 23.3 Å². The van der Waals surface area contributed by atoms with Crippen LogP contribution in [0.1, 0.15) is 37.5 Å². The number of benzene rings is 2. The van der Waals surface area contributed by atoms with Crippen LogP contribution < -0.4 is 0 Å². The molecule has 1 heterocycles. The molecule has 0 spiro atoms. The summed E-state index contributed by atoms with van der Waals surface area (Å²) in [7, 11) is 2.14. The van der Waals surface area contributed by atoms with E-state index < -0.39 is 0 Å². The number of allylic oxidation sites excluding steroid dienone is 1. The lowest BCUT2D eigenvalue weighted by Crippen LogP contribution is -2.17. The molecule has 2 aromatic carbocycles. The van der Waals surface area contributed by atoms with E-state index in [0.717, 1.165) is 13.1 Å². The normalized spacial score (nSPS) is 11.5. The SMILES string of the molecule is CN(CC=CC#CC(C)(C)C)Cc1cccc(/C=C/c2cccc(-c3ccsc3)c2)c1.Cl. The summed E-state index contributed by atoms with van der Waals surface area (Å²) < 4.78 is 0. The Hall–Kier alpha value is -2.57. The molecular weight excluding hydrogens is 430 g/mol. The predicted molar refractivity (Wildman–Crippen MR) is 145 cm³/mol. The third-order valence-corrected chi connectivity index (χ3v) is 5.36. The standard InChI is InChI=1S/C29H31NS.ClH/c1-29(2,3)17-6-5-7-18-30(4)22-26-12-8-10-24(20-26)14-15-25-11-9-13-27(21-25)28-16-19-31-23-28;/h5,7-16,19-21,23H,18,22H2,1-4H3;1H/b7-5?,15-14+;. The summed E-state index contributed by atoms with van der Waals surface area (Å²) in [6.07, 6.45) is 8.47. The van der Waals surface area contributed by atoms with Gasteiger partial charge in [0, 0.05) is 18.5 Å². The first kappa shape index (κ1) is 25.7. The molecule has 0 N–H and O–H groups in total. The van der Waals surface area contributed by atoms with Gasteiger partial charge >= 0.3 is 0 Å². The van der Waals surface area contributed by atoms with Gasteiger partial charge in [-0.1, -0.05) is 72.5 Å². The summed E-state index contributed by atoms with van der Waals surface area (Å²) in [5, 5.41) is 4.31. The van der Waals surface area contributed by atoms with Crippen molar-refractivity contribution in [3.63, 3.8) is 0 Å². The zero-order valence-electron chi connectivity index (χ0n) is 19.3. The molecular formula is C29H32ClNS. The number of hydrogen-bond acceptors (Lipinski definition) is 2. The van der Waals surface area contributed by atoms with E-state index in [2.05, 4.69) is 128 Å². The quantitative estimate of drug-likeness (QED) is 0.254. The van der Waals surface area contributed by atoms with E-state index in [1.807, 2.05) is 6.08 Å². The highest BCUT2D eigenvalue weighted by atomic mass is 35.5. The van der Waals surface area contributed by atoms with Gasteiger partial charge in [-0.3, -0.25) is 4.90 Å². The van der Waals surface area contributed by atoms with E-state index in [-0.39, 0.29) is 17.8 Å². The monoisotopic (exact) mass is 461 g/mol. The van der Waals surface area contributed by atoms with Crippen molar-refractivity contribution in [1.82, 2.24) is 4.90 Å². The Kier molecular flexibility index (Phi) is 10.0. The van der Waals surface area contributed by atoms with Crippen molar-refractivity contribution in [1.29, 1.82) is 0 Å². The highest BCUT2D eigenvalue weighted by Gasteiger charge is 2.03. The van der Waals surface area contributed by atoms with Gasteiger partial charge in [0.25, 0.3) is 0 Å². The molecule has 0 saturated heterocycles. The van der Waals surface area contributed by atoms with Crippen molar-refractivity contribution in [2.45, 2.75) is 27.3 Å². The third-order valence-electron chi connectivity index (χ3n) is 4.68. The fraction of sp³-hybridized carbons (Fsp3) is 0.241. The van der Waals surface area contributed by atoms with Gasteiger partial charge in [-0.05, 0) is 84.6 Å². The average molecular weight is 462 g/mol. The van der Waals surface area contributed by atoms with Gasteiger partial charge in [-0.15, -0.1) is 12.4 Å². The van der Waals surface area contributed by atoms with E-state index in [1.165, 1.54) is 27.8 Å². The van der Waals surface area contributed by atoms with Crippen molar-refractivity contribution in [2.75, 3.05) is 13.6 Å². The maximum absolute atomic E-state index is 3.23. The smallest absolute Gasteiger partial charge is 0.0234 e. The minimum atomic E-state index is 0. The van der Waals surface area contributed by atoms with E-state index in [9.17, 15) is 0 Å². The molecule has 166 valence electrons. The average Bonchev–Trinajstić information content (AvgIpc) is 3.27. The Labute approximate surface area is 203 Å². The van der Waals surface area contributed by atoms with Gasteiger partial charge < -0.3 is 0 Å². The summed E-state index contributed by atoms with van der Waals surface area (Å²) in [5.74, 6) is 6.36. The Bertz CT molecular complexity index is 1090. The molecule has 0 aliphatic rings. The molecule has 3 heteroatoms. The van der Waals surface area contributed by atoms with Crippen molar-refractivity contribution >= 4 is 35.9 Å². The lowest BCUT2D eigenvalue weighted by atomic mass is 9.98. The number of nitrogens with zero attached hydrogens (tertiary/aromatic N) is 1. The molecule has 1 nitrogen and oxygen atoms in total. The molecule has 0 aliphatic heterocycles. The zero-order valence-corrected chi connectivity index (χ0v) is 21.0. The Balaban J connectivity index is 0.00000363. The van der Waals surface area contributed by atoms with Crippen LogP contribution >= 0.6 is 23.7 Å². The molecule has 3 aromatic rings. The molecule has 0 bridgehead atoms. The number of hydrogen-bond donors (Lipinski definition) is 0. The second-order valence-corrected chi connectivity index (χ2v) is 9.61. The fourth-order valence-electron chi connectivity index (χ4n) is 3.16. The van der Waals surface area contributed by atoms with Crippen LogP contribution in [0.3, 0.4) is 0 Å². The third kappa shape index (κ3) is 8.89. The first-order valence-electron chi connectivity index (χ1n) is 10.6. The van der Waals surface area contributed by atoms with Crippen LogP contribution in [0.4, 0.5) is 0 Å². The number of halogens is 1. The first-order chi connectivity index (χ1) is 14.9. The second kappa shape index (κ2) is 12.5. The molecule has 0 amide bonds. The molecule has 0 aliphatic carbocycles. The Morgan fingerprint density at radius 1 is 0.938 bits per heavy atom. The molecule has 32 heavy (non-hydrogen) atoms. The fourth-order valence-corrected chi connectivity index (χ4v) is 3.83. The van der Waals surface area contributed by atoms with E-state index >= 15 is 0 Å². The lowest BCUT2D eigenvalue weighted by Gasteiger charge is -2.14. The number of thiophene rings is 1. The largest absolute Gasteiger partial charge is 0.298 e. The maximum atomic E-state index is 3.23. The summed E-state index contributed by atoms with van der Waals surface area (Å²) in [5.41, 5.74) is 6.34. The Morgan fingerprint density at radius 2 is 1.66 bits per heavy atom. The second-order valence-electron chi connectivity index (χ2n) is 8.83. The first-order valence-corrected chi connectivity index (χ1v) is 11.6. The van der Waals surface area contributed by atoms with Crippen LogP contribution in [0.5, 0.6) is 0 Å². The van der Waals surface area contributed by atoms with Crippen LogP contribution in [0, 0.1) is 17.3 Å². The van der Waals surface area contributed by atoms with Gasteiger partial charge in [0.1, 0.15) is 0 Å². The minimum Gasteiger partial charge on any atom is -0.298 e. The minimum absolute atomic E-state index is 0. The summed E-state index contributed by atoms with van der Waals surface area (Å²) >= 11 is 1.73.